The summed E-state index contributed by atoms with van der Waals surface area (Å²) in [5.74, 6) is -0.675. The minimum Gasteiger partial charge on any atom is -0.368 e. The number of aromatic amines is 1. The van der Waals surface area contributed by atoms with Gasteiger partial charge in [0, 0.05) is 29.8 Å². The molecule has 0 radical (unpaired) electrons. The highest BCUT2D eigenvalue weighted by atomic mass is 16.2. The molecule has 4 aromatic rings. The molecule has 8 heteroatoms. The van der Waals surface area contributed by atoms with Crippen LogP contribution in [-0.2, 0) is 24.3 Å². The van der Waals surface area contributed by atoms with Crippen LogP contribution in [0.15, 0.2) is 58.4 Å². The van der Waals surface area contributed by atoms with Crippen molar-refractivity contribution in [3.05, 3.63) is 75.2 Å². The van der Waals surface area contributed by atoms with Crippen molar-refractivity contribution in [3.63, 3.8) is 0 Å². The van der Waals surface area contributed by atoms with Gasteiger partial charge in [-0.2, -0.15) is 0 Å². The van der Waals surface area contributed by atoms with Crippen LogP contribution in [0.25, 0.3) is 21.9 Å². The van der Waals surface area contributed by atoms with Crippen LogP contribution in [-0.4, -0.2) is 25.0 Å². The Labute approximate surface area is 152 Å². The van der Waals surface area contributed by atoms with Crippen molar-refractivity contribution >= 4 is 27.8 Å². The molecule has 1 aromatic carbocycles. The van der Waals surface area contributed by atoms with E-state index in [4.69, 9.17) is 5.73 Å². The van der Waals surface area contributed by atoms with Gasteiger partial charge in [0.25, 0.3) is 5.56 Å². The highest BCUT2D eigenvalue weighted by Crippen LogP contribution is 2.18. The number of primary amides is 1. The molecule has 0 aliphatic rings. The van der Waals surface area contributed by atoms with Gasteiger partial charge in [-0.25, -0.2) is 9.78 Å². The number of amides is 1. The third-order valence-corrected chi connectivity index (χ3v) is 4.57. The van der Waals surface area contributed by atoms with Gasteiger partial charge in [-0.15, -0.1) is 0 Å². The number of hydrogen-bond acceptors (Lipinski definition) is 4. The third kappa shape index (κ3) is 2.91. The van der Waals surface area contributed by atoms with E-state index in [0.29, 0.717) is 6.42 Å². The number of nitrogens with two attached hydrogens (primary N) is 1. The Balaban J connectivity index is 1.80. The quantitative estimate of drug-likeness (QED) is 0.545. The Bertz CT molecular complexity index is 1280. The van der Waals surface area contributed by atoms with E-state index >= 15 is 0 Å². The van der Waals surface area contributed by atoms with E-state index in [1.54, 1.807) is 12.1 Å². The summed E-state index contributed by atoms with van der Waals surface area (Å²) >= 11 is 0. The number of hydrogen-bond donors (Lipinski definition) is 2. The summed E-state index contributed by atoms with van der Waals surface area (Å²) < 4.78 is 2.28. The van der Waals surface area contributed by atoms with Crippen molar-refractivity contribution in [2.75, 3.05) is 0 Å². The molecule has 0 saturated carbocycles. The molecule has 0 saturated heterocycles. The van der Waals surface area contributed by atoms with E-state index in [0.717, 1.165) is 25.6 Å². The van der Waals surface area contributed by atoms with E-state index < -0.39 is 17.2 Å². The van der Waals surface area contributed by atoms with Crippen LogP contribution >= 0.6 is 0 Å². The van der Waals surface area contributed by atoms with Gasteiger partial charge in [0.1, 0.15) is 12.2 Å². The van der Waals surface area contributed by atoms with Crippen LogP contribution in [0.3, 0.4) is 0 Å². The summed E-state index contributed by atoms with van der Waals surface area (Å²) in [6, 6.07) is 11.0. The van der Waals surface area contributed by atoms with Gasteiger partial charge in [0.05, 0.1) is 5.39 Å². The normalized spacial score (nSPS) is 11.3. The zero-order valence-corrected chi connectivity index (χ0v) is 14.4. The number of benzene rings is 1. The lowest BCUT2D eigenvalue weighted by atomic mass is 10.1. The Kier molecular flexibility index (Phi) is 4.08. The summed E-state index contributed by atoms with van der Waals surface area (Å²) in [5.41, 5.74) is 6.41. The summed E-state index contributed by atoms with van der Waals surface area (Å²) in [6.07, 6.45) is 3.83. The average molecular weight is 363 g/mol. The highest BCUT2D eigenvalue weighted by molar-refractivity contribution is 5.83. The fraction of sp³-hybridized carbons (Fsp3) is 0.158. The molecular weight excluding hydrogens is 346 g/mol. The van der Waals surface area contributed by atoms with E-state index in [9.17, 15) is 14.4 Å². The minimum absolute atomic E-state index is 0.162. The molecule has 0 aliphatic heterocycles. The van der Waals surface area contributed by atoms with Crippen molar-refractivity contribution in [1.29, 1.82) is 0 Å². The van der Waals surface area contributed by atoms with Gasteiger partial charge in [-0.05, 0) is 30.2 Å². The molecule has 3 N–H and O–H groups in total. The number of rotatable bonds is 5. The van der Waals surface area contributed by atoms with Crippen LogP contribution in [0.5, 0.6) is 0 Å². The number of pyridine rings is 1. The molecule has 4 rings (SSSR count). The predicted octanol–water partition coefficient (Wildman–Crippen LogP) is 0.767. The maximum Gasteiger partial charge on any atom is 0.333 e. The van der Waals surface area contributed by atoms with Crippen LogP contribution in [0.4, 0.5) is 0 Å². The maximum atomic E-state index is 12.8. The summed E-state index contributed by atoms with van der Waals surface area (Å²) in [6.45, 7) is -0.150. The standard InChI is InChI=1S/C19H17N5O3/c20-16(25)11-24-17-14(5-3-8-21-17)18(26)23(19(24)27)9-7-12-10-22-15-6-2-1-4-13(12)15/h1-6,8,10,22H,7,9,11H2,(H2,20,25). The largest absolute Gasteiger partial charge is 0.368 e. The number of nitrogens with one attached hydrogen (secondary N) is 1. The molecule has 3 aromatic heterocycles. The van der Waals surface area contributed by atoms with E-state index in [1.807, 2.05) is 30.5 Å². The fourth-order valence-corrected chi connectivity index (χ4v) is 3.31. The molecule has 0 aliphatic carbocycles. The Morgan fingerprint density at radius 3 is 2.67 bits per heavy atom. The predicted molar refractivity (Wildman–Crippen MR) is 101 cm³/mol. The Hall–Kier alpha value is -3.68. The van der Waals surface area contributed by atoms with Crippen molar-refractivity contribution in [2.45, 2.75) is 19.5 Å². The second kappa shape index (κ2) is 6.56. The molecule has 1 amide bonds. The molecule has 8 nitrogen and oxygen atoms in total. The molecule has 0 unspecified atom stereocenters. The van der Waals surface area contributed by atoms with Crippen LogP contribution in [0, 0.1) is 0 Å². The monoisotopic (exact) mass is 363 g/mol. The van der Waals surface area contributed by atoms with Gasteiger partial charge in [-0.1, -0.05) is 18.2 Å². The third-order valence-electron chi connectivity index (χ3n) is 4.57. The van der Waals surface area contributed by atoms with Gasteiger partial charge in [-0.3, -0.25) is 18.7 Å². The molecule has 0 bridgehead atoms. The van der Waals surface area contributed by atoms with Crippen LogP contribution < -0.4 is 17.0 Å². The summed E-state index contributed by atoms with van der Waals surface area (Å²) in [4.78, 5) is 44.3. The number of fused-ring (bicyclic) bond motifs is 2. The lowest BCUT2D eigenvalue weighted by Gasteiger charge is -2.12. The lowest BCUT2D eigenvalue weighted by Crippen LogP contribution is -2.42. The molecule has 0 spiro atoms. The SMILES string of the molecule is NC(=O)Cn1c(=O)n(CCc2c[nH]c3ccccc23)c(=O)c2cccnc21. The zero-order chi connectivity index (χ0) is 19.0. The minimum atomic E-state index is -0.675. The first-order chi connectivity index (χ1) is 13.1. The molecule has 136 valence electrons. The zero-order valence-electron chi connectivity index (χ0n) is 14.4. The summed E-state index contributed by atoms with van der Waals surface area (Å²) in [7, 11) is 0. The number of nitrogens with zero attached hydrogens (tertiary/aromatic N) is 3. The van der Waals surface area contributed by atoms with E-state index in [-0.39, 0.29) is 24.1 Å². The van der Waals surface area contributed by atoms with Gasteiger partial charge < -0.3 is 10.7 Å². The van der Waals surface area contributed by atoms with Crippen molar-refractivity contribution in [2.24, 2.45) is 5.73 Å². The molecular formula is C19H17N5O3. The number of aromatic nitrogens is 4. The number of para-hydroxylation sites is 1. The number of carbonyl (C=O) groups excluding carboxylic acids is 1. The molecule has 0 fully saturated rings. The first-order valence-electron chi connectivity index (χ1n) is 8.48. The topological polar surface area (TPSA) is 116 Å². The second-order valence-electron chi connectivity index (χ2n) is 6.28. The average Bonchev–Trinajstić information content (AvgIpc) is 3.08. The van der Waals surface area contributed by atoms with E-state index in [1.165, 1.54) is 6.20 Å². The van der Waals surface area contributed by atoms with Crippen molar-refractivity contribution in [3.8, 4) is 0 Å². The second-order valence-corrected chi connectivity index (χ2v) is 6.28. The number of H-pyrrole nitrogens is 1. The smallest absolute Gasteiger partial charge is 0.333 e. The Morgan fingerprint density at radius 2 is 1.85 bits per heavy atom. The van der Waals surface area contributed by atoms with Crippen molar-refractivity contribution in [1.82, 2.24) is 19.1 Å². The Morgan fingerprint density at radius 1 is 1.07 bits per heavy atom. The number of carbonyl (C=O) groups is 1. The van der Waals surface area contributed by atoms with Crippen molar-refractivity contribution < 1.29 is 4.79 Å². The highest BCUT2D eigenvalue weighted by Gasteiger charge is 2.15. The number of aryl methyl sites for hydroxylation is 1. The molecule has 27 heavy (non-hydrogen) atoms. The maximum absolute atomic E-state index is 12.8. The lowest BCUT2D eigenvalue weighted by molar-refractivity contribution is -0.118. The fourth-order valence-electron chi connectivity index (χ4n) is 3.31. The summed E-state index contributed by atoms with van der Waals surface area (Å²) in [5, 5.41) is 1.32. The van der Waals surface area contributed by atoms with Gasteiger partial charge >= 0.3 is 5.69 Å². The first-order valence-corrected chi connectivity index (χ1v) is 8.48. The molecule has 0 atom stereocenters. The molecule has 3 heterocycles. The van der Waals surface area contributed by atoms with Crippen LogP contribution in [0.1, 0.15) is 5.56 Å². The first kappa shape index (κ1) is 16.8. The van der Waals surface area contributed by atoms with Gasteiger partial charge in [0.2, 0.25) is 5.91 Å². The van der Waals surface area contributed by atoms with Crippen LogP contribution in [0.2, 0.25) is 0 Å². The van der Waals surface area contributed by atoms with Gasteiger partial charge in [0.15, 0.2) is 0 Å². The van der Waals surface area contributed by atoms with E-state index in [2.05, 4.69) is 9.97 Å².